The zero-order valence-electron chi connectivity index (χ0n) is 9.63. The predicted molar refractivity (Wildman–Crippen MR) is 76.1 cm³/mol. The van der Waals surface area contributed by atoms with Gasteiger partial charge in [0.15, 0.2) is 0 Å². The van der Waals surface area contributed by atoms with E-state index in [1.54, 1.807) is 0 Å². The molecule has 1 saturated heterocycles. The van der Waals surface area contributed by atoms with E-state index in [1.807, 2.05) is 0 Å². The largest absolute Gasteiger partial charge is 0.312 e. The first-order valence-corrected chi connectivity index (χ1v) is 7.67. The molecular weight excluding hydrogens is 282 g/mol. The third-order valence-corrected chi connectivity index (χ3v) is 4.91. The molecule has 0 amide bonds. The molecule has 0 spiro atoms. The highest BCUT2D eigenvalue weighted by molar-refractivity contribution is 9.10. The summed E-state index contributed by atoms with van der Waals surface area (Å²) >= 11 is 5.61. The third-order valence-electron chi connectivity index (χ3n) is 3.02. The highest BCUT2D eigenvalue weighted by Crippen LogP contribution is 2.25. The van der Waals surface area contributed by atoms with Crippen LogP contribution in [0.5, 0.6) is 0 Å². The summed E-state index contributed by atoms with van der Waals surface area (Å²) in [5.74, 6) is 1.35. The number of hydrogen-bond donors (Lipinski definition) is 1. The molecule has 3 heteroatoms. The number of halogens is 1. The normalized spacial score (nSPS) is 20.2. The third kappa shape index (κ3) is 3.51. The Bertz CT molecular complexity index is 348. The predicted octanol–water partition coefficient (Wildman–Crippen LogP) is 3.74. The molecule has 1 aliphatic rings. The summed E-state index contributed by atoms with van der Waals surface area (Å²) in [6.45, 7) is 4.32. The van der Waals surface area contributed by atoms with Gasteiger partial charge in [0.05, 0.1) is 0 Å². The topological polar surface area (TPSA) is 12.0 Å². The fraction of sp³-hybridized carbons (Fsp3) is 0.538. The van der Waals surface area contributed by atoms with Gasteiger partial charge in [0.1, 0.15) is 0 Å². The SMILES string of the molecule is Cc1cc(Br)ccc1CNCC1CCCS1. The molecule has 2 rings (SSSR count). The van der Waals surface area contributed by atoms with Crippen molar-refractivity contribution in [3.8, 4) is 0 Å². The zero-order chi connectivity index (χ0) is 11.4. The standard InChI is InChI=1S/C13H18BrNS/c1-10-7-12(14)5-4-11(10)8-15-9-13-3-2-6-16-13/h4-5,7,13,15H,2-3,6,8-9H2,1H3. The molecule has 0 aromatic heterocycles. The average molecular weight is 300 g/mol. The van der Waals surface area contributed by atoms with Gasteiger partial charge in [0.25, 0.3) is 0 Å². The van der Waals surface area contributed by atoms with Crippen LogP contribution in [0.4, 0.5) is 0 Å². The van der Waals surface area contributed by atoms with Gasteiger partial charge in [0.2, 0.25) is 0 Å². The molecule has 1 aliphatic heterocycles. The molecule has 0 bridgehead atoms. The van der Waals surface area contributed by atoms with Gasteiger partial charge in [-0.25, -0.2) is 0 Å². The molecular formula is C13H18BrNS. The lowest BCUT2D eigenvalue weighted by Crippen LogP contribution is -2.22. The molecule has 88 valence electrons. The molecule has 1 atom stereocenters. The summed E-state index contributed by atoms with van der Waals surface area (Å²) in [6, 6.07) is 6.50. The molecule has 1 nitrogen and oxygen atoms in total. The summed E-state index contributed by atoms with van der Waals surface area (Å²) < 4.78 is 1.17. The Labute approximate surface area is 111 Å². The van der Waals surface area contributed by atoms with E-state index < -0.39 is 0 Å². The van der Waals surface area contributed by atoms with Crippen LogP contribution < -0.4 is 5.32 Å². The molecule has 0 radical (unpaired) electrons. The maximum atomic E-state index is 3.57. The number of rotatable bonds is 4. The van der Waals surface area contributed by atoms with Crippen LogP contribution in [-0.2, 0) is 6.54 Å². The minimum atomic E-state index is 0.843. The van der Waals surface area contributed by atoms with Crippen molar-refractivity contribution < 1.29 is 0 Å². The maximum absolute atomic E-state index is 3.57. The number of nitrogens with one attached hydrogen (secondary N) is 1. The van der Waals surface area contributed by atoms with Crippen LogP contribution in [0, 0.1) is 6.92 Å². The first-order chi connectivity index (χ1) is 7.75. The summed E-state index contributed by atoms with van der Waals surface area (Å²) in [6.07, 6.45) is 2.78. The van der Waals surface area contributed by atoms with Gasteiger partial charge in [-0.15, -0.1) is 0 Å². The number of thioether (sulfide) groups is 1. The number of hydrogen-bond acceptors (Lipinski definition) is 2. The Hall–Kier alpha value is 0.01000. The first kappa shape index (κ1) is 12.5. The van der Waals surface area contributed by atoms with E-state index in [1.165, 1.54) is 34.2 Å². The highest BCUT2D eigenvalue weighted by atomic mass is 79.9. The smallest absolute Gasteiger partial charge is 0.0208 e. The van der Waals surface area contributed by atoms with Gasteiger partial charge >= 0.3 is 0 Å². The second-order valence-electron chi connectivity index (χ2n) is 4.34. The minimum absolute atomic E-state index is 0.843. The van der Waals surface area contributed by atoms with Crippen molar-refractivity contribution in [2.45, 2.75) is 31.6 Å². The number of aryl methyl sites for hydroxylation is 1. The van der Waals surface area contributed by atoms with E-state index in [9.17, 15) is 0 Å². The van der Waals surface area contributed by atoms with Crippen molar-refractivity contribution >= 4 is 27.7 Å². The van der Waals surface area contributed by atoms with E-state index in [0.717, 1.165) is 18.3 Å². The molecule has 16 heavy (non-hydrogen) atoms. The van der Waals surface area contributed by atoms with E-state index in [-0.39, 0.29) is 0 Å². The molecule has 1 aromatic carbocycles. The van der Waals surface area contributed by atoms with Crippen LogP contribution in [0.15, 0.2) is 22.7 Å². The fourth-order valence-corrected chi connectivity index (χ4v) is 3.74. The molecule has 1 heterocycles. The Morgan fingerprint density at radius 3 is 3.06 bits per heavy atom. The van der Waals surface area contributed by atoms with Gasteiger partial charge in [0, 0.05) is 22.8 Å². The van der Waals surface area contributed by atoms with Gasteiger partial charge in [-0.05, 0) is 48.8 Å². The van der Waals surface area contributed by atoms with Crippen molar-refractivity contribution in [3.63, 3.8) is 0 Å². The van der Waals surface area contributed by atoms with Gasteiger partial charge in [-0.3, -0.25) is 0 Å². The summed E-state index contributed by atoms with van der Waals surface area (Å²) in [4.78, 5) is 0. The Kier molecular flexibility index (Phi) is 4.74. The number of benzene rings is 1. The first-order valence-electron chi connectivity index (χ1n) is 5.83. The van der Waals surface area contributed by atoms with Crippen LogP contribution in [0.2, 0.25) is 0 Å². The van der Waals surface area contributed by atoms with E-state index in [4.69, 9.17) is 0 Å². The maximum Gasteiger partial charge on any atom is 0.0208 e. The molecule has 1 unspecified atom stereocenters. The monoisotopic (exact) mass is 299 g/mol. The Morgan fingerprint density at radius 1 is 1.50 bits per heavy atom. The van der Waals surface area contributed by atoms with Crippen molar-refractivity contribution in [1.29, 1.82) is 0 Å². The highest BCUT2D eigenvalue weighted by Gasteiger charge is 2.14. The average Bonchev–Trinajstić information content (AvgIpc) is 2.74. The van der Waals surface area contributed by atoms with E-state index in [0.29, 0.717) is 0 Å². The van der Waals surface area contributed by atoms with Crippen LogP contribution >= 0.6 is 27.7 Å². The van der Waals surface area contributed by atoms with Crippen LogP contribution in [0.1, 0.15) is 24.0 Å². The van der Waals surface area contributed by atoms with E-state index in [2.05, 4.69) is 58.1 Å². The quantitative estimate of drug-likeness (QED) is 0.909. The summed E-state index contributed by atoms with van der Waals surface area (Å²) in [7, 11) is 0. The molecule has 0 saturated carbocycles. The lowest BCUT2D eigenvalue weighted by atomic mass is 10.1. The van der Waals surface area contributed by atoms with Gasteiger partial charge in [-0.2, -0.15) is 11.8 Å². The van der Waals surface area contributed by atoms with Crippen LogP contribution in [-0.4, -0.2) is 17.5 Å². The zero-order valence-corrected chi connectivity index (χ0v) is 12.0. The van der Waals surface area contributed by atoms with Crippen molar-refractivity contribution in [2.24, 2.45) is 0 Å². The van der Waals surface area contributed by atoms with Gasteiger partial charge < -0.3 is 5.32 Å². The lowest BCUT2D eigenvalue weighted by molar-refractivity contribution is 0.644. The van der Waals surface area contributed by atoms with Crippen molar-refractivity contribution in [3.05, 3.63) is 33.8 Å². The van der Waals surface area contributed by atoms with E-state index >= 15 is 0 Å². The fourth-order valence-electron chi connectivity index (χ4n) is 2.03. The Balaban J connectivity index is 1.80. The van der Waals surface area contributed by atoms with Gasteiger partial charge in [-0.1, -0.05) is 22.0 Å². The second kappa shape index (κ2) is 6.08. The molecule has 1 aromatic rings. The molecule has 1 N–H and O–H groups in total. The second-order valence-corrected chi connectivity index (χ2v) is 6.66. The minimum Gasteiger partial charge on any atom is -0.312 e. The molecule has 1 fully saturated rings. The van der Waals surface area contributed by atoms with Crippen LogP contribution in [0.25, 0.3) is 0 Å². The summed E-state index contributed by atoms with van der Waals surface area (Å²) in [5, 5.41) is 4.41. The van der Waals surface area contributed by atoms with Crippen molar-refractivity contribution in [1.82, 2.24) is 5.32 Å². The van der Waals surface area contributed by atoms with Crippen LogP contribution in [0.3, 0.4) is 0 Å². The summed E-state index contributed by atoms with van der Waals surface area (Å²) in [5.41, 5.74) is 2.77. The van der Waals surface area contributed by atoms with Crippen molar-refractivity contribution in [2.75, 3.05) is 12.3 Å². The molecule has 0 aliphatic carbocycles. The Morgan fingerprint density at radius 2 is 2.38 bits per heavy atom. The lowest BCUT2D eigenvalue weighted by Gasteiger charge is -2.11.